The minimum absolute atomic E-state index is 0.182. The number of halogens is 1. The smallest absolute Gasteiger partial charge is 0.335 e. The first-order chi connectivity index (χ1) is 14.4. The SMILES string of the molecule is CCCOc1ccc(/C=C2\C(=O)NC(=O)N(c3cccc(Cl)c3C)C2=O)cc1OC. The average Bonchev–Trinajstić information content (AvgIpc) is 2.72. The predicted octanol–water partition coefficient (Wildman–Crippen LogP) is 4.11. The van der Waals surface area contributed by atoms with Gasteiger partial charge < -0.3 is 9.47 Å². The maximum absolute atomic E-state index is 13.1. The van der Waals surface area contributed by atoms with Crippen molar-refractivity contribution in [1.82, 2.24) is 5.32 Å². The van der Waals surface area contributed by atoms with Gasteiger partial charge in [0.25, 0.3) is 11.8 Å². The van der Waals surface area contributed by atoms with E-state index in [0.717, 1.165) is 11.3 Å². The van der Waals surface area contributed by atoms with Crippen LogP contribution in [0.5, 0.6) is 11.5 Å². The summed E-state index contributed by atoms with van der Waals surface area (Å²) in [6.07, 6.45) is 2.25. The van der Waals surface area contributed by atoms with E-state index in [4.69, 9.17) is 21.1 Å². The molecule has 0 atom stereocenters. The molecule has 1 N–H and O–H groups in total. The standard InChI is InChI=1S/C22H21ClN2O5/c1-4-10-30-18-9-8-14(12-19(18)29-3)11-15-20(26)24-22(28)25(21(15)27)17-7-5-6-16(23)13(17)2/h5-9,11-12H,4,10H2,1-3H3,(H,24,26,28)/b15-11+. The number of carbonyl (C=O) groups is 3. The van der Waals surface area contributed by atoms with E-state index in [1.807, 2.05) is 6.92 Å². The summed E-state index contributed by atoms with van der Waals surface area (Å²) in [6, 6.07) is 9.11. The van der Waals surface area contributed by atoms with Crippen molar-refractivity contribution in [2.45, 2.75) is 20.3 Å². The first-order valence-electron chi connectivity index (χ1n) is 9.34. The number of rotatable bonds is 6. The van der Waals surface area contributed by atoms with Crippen LogP contribution in [0, 0.1) is 6.92 Å². The van der Waals surface area contributed by atoms with Crippen LogP contribution >= 0.6 is 11.6 Å². The number of hydrogen-bond acceptors (Lipinski definition) is 5. The number of carbonyl (C=O) groups excluding carboxylic acids is 3. The molecule has 0 aliphatic carbocycles. The Morgan fingerprint density at radius 1 is 1.13 bits per heavy atom. The molecule has 4 amide bonds. The van der Waals surface area contributed by atoms with Crippen LogP contribution in [-0.2, 0) is 9.59 Å². The lowest BCUT2D eigenvalue weighted by Crippen LogP contribution is -2.54. The van der Waals surface area contributed by atoms with Gasteiger partial charge in [0.15, 0.2) is 11.5 Å². The molecule has 0 aromatic heterocycles. The van der Waals surface area contributed by atoms with Crippen LogP contribution in [0.15, 0.2) is 42.0 Å². The summed E-state index contributed by atoms with van der Waals surface area (Å²) in [7, 11) is 1.51. The molecule has 1 aliphatic heterocycles. The van der Waals surface area contributed by atoms with Crippen LogP contribution in [-0.4, -0.2) is 31.6 Å². The summed E-state index contributed by atoms with van der Waals surface area (Å²) < 4.78 is 11.0. The maximum atomic E-state index is 13.1. The van der Waals surface area contributed by atoms with Gasteiger partial charge in [-0.3, -0.25) is 14.9 Å². The Labute approximate surface area is 179 Å². The maximum Gasteiger partial charge on any atom is 0.335 e. The second-order valence-electron chi connectivity index (χ2n) is 6.60. The lowest BCUT2D eigenvalue weighted by atomic mass is 10.1. The normalized spacial score (nSPS) is 15.4. The van der Waals surface area contributed by atoms with Crippen LogP contribution in [0.1, 0.15) is 24.5 Å². The Bertz CT molecular complexity index is 1050. The van der Waals surface area contributed by atoms with Crippen LogP contribution < -0.4 is 19.7 Å². The van der Waals surface area contributed by atoms with E-state index in [1.165, 1.54) is 13.2 Å². The van der Waals surface area contributed by atoms with E-state index >= 15 is 0 Å². The fraction of sp³-hybridized carbons (Fsp3) is 0.227. The van der Waals surface area contributed by atoms with Crippen LogP contribution in [0.4, 0.5) is 10.5 Å². The summed E-state index contributed by atoms with van der Waals surface area (Å²) in [5.41, 5.74) is 1.23. The first kappa shape index (κ1) is 21.4. The number of hydrogen-bond donors (Lipinski definition) is 1. The minimum atomic E-state index is -0.826. The van der Waals surface area contributed by atoms with E-state index in [2.05, 4.69) is 5.32 Å². The summed E-state index contributed by atoms with van der Waals surface area (Å²) in [6.45, 7) is 4.22. The van der Waals surface area contributed by atoms with Crippen molar-refractivity contribution in [3.05, 3.63) is 58.1 Å². The van der Waals surface area contributed by atoms with Gasteiger partial charge in [0, 0.05) is 5.02 Å². The topological polar surface area (TPSA) is 84.9 Å². The average molecular weight is 429 g/mol. The minimum Gasteiger partial charge on any atom is -0.493 e. The molecule has 8 heteroatoms. The number of methoxy groups -OCH3 is 1. The lowest BCUT2D eigenvalue weighted by molar-refractivity contribution is -0.122. The number of anilines is 1. The van der Waals surface area contributed by atoms with Crippen LogP contribution in [0.2, 0.25) is 5.02 Å². The van der Waals surface area contributed by atoms with Crippen LogP contribution in [0.3, 0.4) is 0 Å². The second kappa shape index (κ2) is 9.00. The van der Waals surface area contributed by atoms with Crippen LogP contribution in [0.25, 0.3) is 6.08 Å². The third-order valence-corrected chi connectivity index (χ3v) is 4.95. The number of ether oxygens (including phenoxy) is 2. The van der Waals surface area contributed by atoms with E-state index in [0.29, 0.717) is 39.9 Å². The van der Waals surface area contributed by atoms with Gasteiger partial charge in [0.1, 0.15) is 5.57 Å². The predicted molar refractivity (Wildman–Crippen MR) is 114 cm³/mol. The molecule has 30 heavy (non-hydrogen) atoms. The molecule has 0 bridgehead atoms. The zero-order valence-corrected chi connectivity index (χ0v) is 17.6. The first-order valence-corrected chi connectivity index (χ1v) is 9.72. The van der Waals surface area contributed by atoms with Gasteiger partial charge >= 0.3 is 6.03 Å². The van der Waals surface area contributed by atoms with Crippen molar-refractivity contribution in [2.24, 2.45) is 0 Å². The van der Waals surface area contributed by atoms with Gasteiger partial charge in [-0.1, -0.05) is 30.7 Å². The Kier molecular flexibility index (Phi) is 6.42. The molecule has 2 aromatic rings. The highest BCUT2D eigenvalue weighted by atomic mass is 35.5. The fourth-order valence-electron chi connectivity index (χ4n) is 2.99. The molecule has 0 spiro atoms. The molecular weight excluding hydrogens is 408 g/mol. The quantitative estimate of drug-likeness (QED) is 0.552. The molecule has 1 saturated heterocycles. The zero-order chi connectivity index (χ0) is 21.8. The number of imide groups is 2. The molecule has 156 valence electrons. The van der Waals surface area contributed by atoms with Gasteiger partial charge in [0.2, 0.25) is 0 Å². The highest BCUT2D eigenvalue weighted by molar-refractivity contribution is 6.39. The molecule has 0 radical (unpaired) electrons. The highest BCUT2D eigenvalue weighted by Gasteiger charge is 2.37. The lowest BCUT2D eigenvalue weighted by Gasteiger charge is -2.27. The van der Waals surface area contributed by atoms with E-state index < -0.39 is 17.8 Å². The fourth-order valence-corrected chi connectivity index (χ4v) is 3.16. The number of urea groups is 1. The van der Waals surface area contributed by atoms with Gasteiger partial charge in [-0.15, -0.1) is 0 Å². The van der Waals surface area contributed by atoms with Crippen molar-refractivity contribution >= 4 is 41.2 Å². The Morgan fingerprint density at radius 3 is 2.60 bits per heavy atom. The van der Waals surface area contributed by atoms with Crippen molar-refractivity contribution in [1.29, 1.82) is 0 Å². The van der Waals surface area contributed by atoms with E-state index in [9.17, 15) is 14.4 Å². The zero-order valence-electron chi connectivity index (χ0n) is 16.8. The molecule has 0 saturated carbocycles. The molecular formula is C22H21ClN2O5. The molecule has 2 aromatic carbocycles. The van der Waals surface area contributed by atoms with Crippen molar-refractivity contribution in [3.8, 4) is 11.5 Å². The van der Waals surface area contributed by atoms with Crippen molar-refractivity contribution < 1.29 is 23.9 Å². The van der Waals surface area contributed by atoms with Crippen molar-refractivity contribution in [3.63, 3.8) is 0 Å². The Hall–Kier alpha value is -3.32. The second-order valence-corrected chi connectivity index (χ2v) is 7.01. The Morgan fingerprint density at radius 2 is 1.90 bits per heavy atom. The number of nitrogens with one attached hydrogen (secondary N) is 1. The van der Waals surface area contributed by atoms with Gasteiger partial charge in [-0.2, -0.15) is 0 Å². The summed E-state index contributed by atoms with van der Waals surface area (Å²) in [5.74, 6) is -0.474. The molecule has 1 heterocycles. The molecule has 0 unspecified atom stereocenters. The van der Waals surface area contributed by atoms with Gasteiger partial charge in [-0.25, -0.2) is 9.69 Å². The molecule has 3 rings (SSSR count). The van der Waals surface area contributed by atoms with E-state index in [1.54, 1.807) is 43.3 Å². The molecule has 7 nitrogen and oxygen atoms in total. The third kappa shape index (κ3) is 4.16. The van der Waals surface area contributed by atoms with Gasteiger partial charge in [-0.05, 0) is 54.8 Å². The number of nitrogens with zero attached hydrogens (tertiary/aromatic N) is 1. The highest BCUT2D eigenvalue weighted by Crippen LogP contribution is 2.31. The number of amides is 4. The summed E-state index contributed by atoms with van der Waals surface area (Å²) in [4.78, 5) is 38.7. The van der Waals surface area contributed by atoms with E-state index in [-0.39, 0.29) is 5.57 Å². The van der Waals surface area contributed by atoms with Gasteiger partial charge in [0.05, 0.1) is 19.4 Å². The largest absolute Gasteiger partial charge is 0.493 e. The molecule has 1 fully saturated rings. The monoisotopic (exact) mass is 428 g/mol. The number of barbiturate groups is 1. The summed E-state index contributed by atoms with van der Waals surface area (Å²) in [5, 5.41) is 2.61. The van der Waals surface area contributed by atoms with Crippen molar-refractivity contribution in [2.75, 3.05) is 18.6 Å². The Balaban J connectivity index is 1.99. The summed E-state index contributed by atoms with van der Waals surface area (Å²) >= 11 is 6.13. The number of benzene rings is 2. The molecule has 1 aliphatic rings. The third-order valence-electron chi connectivity index (χ3n) is 4.54.